The molecule has 1 aromatic rings. The zero-order valence-electron chi connectivity index (χ0n) is 11.9. The minimum Gasteiger partial charge on any atom is -0.288 e. The van der Waals surface area contributed by atoms with Crippen LogP contribution in [0.15, 0.2) is 24.3 Å². The molecule has 0 saturated carbocycles. The molecule has 2 rings (SSSR count). The molecule has 21 heavy (non-hydrogen) atoms. The van der Waals surface area contributed by atoms with Gasteiger partial charge in [-0.3, -0.25) is 10.2 Å². The van der Waals surface area contributed by atoms with Crippen LogP contribution in [0.25, 0.3) is 0 Å². The fraction of sp³-hybridized carbons (Fsp3) is 0.533. The average Bonchev–Trinajstić information content (AvgIpc) is 2.81. The number of benzene rings is 1. The van der Waals surface area contributed by atoms with Gasteiger partial charge < -0.3 is 0 Å². The molecule has 3 nitrogen and oxygen atoms in total. The molecule has 1 atom stereocenters. The highest BCUT2D eigenvalue weighted by atomic mass is 19.4. The Balaban J connectivity index is 2.26. The van der Waals surface area contributed by atoms with Crippen LogP contribution in [0.1, 0.15) is 43.4 Å². The van der Waals surface area contributed by atoms with Gasteiger partial charge in [0, 0.05) is 13.0 Å². The van der Waals surface area contributed by atoms with Gasteiger partial charge in [-0.05, 0) is 24.0 Å². The summed E-state index contributed by atoms with van der Waals surface area (Å²) in [6, 6.07) is 4.77. The lowest BCUT2D eigenvalue weighted by Gasteiger charge is -2.29. The summed E-state index contributed by atoms with van der Waals surface area (Å²) in [5.41, 5.74) is 3.37. The number of rotatable bonds is 5. The van der Waals surface area contributed by atoms with E-state index in [1.807, 2.05) is 13.0 Å². The number of hydrogen-bond donors (Lipinski definition) is 1. The third-order valence-electron chi connectivity index (χ3n) is 3.56. The largest absolute Gasteiger partial charge is 0.409 e. The van der Waals surface area contributed by atoms with Gasteiger partial charge in [0.15, 0.2) is 0 Å². The van der Waals surface area contributed by atoms with Gasteiger partial charge in [0.05, 0.1) is 0 Å². The highest BCUT2D eigenvalue weighted by molar-refractivity contribution is 5.77. The quantitative estimate of drug-likeness (QED) is 0.904. The number of alkyl halides is 3. The molecule has 0 bridgehead atoms. The van der Waals surface area contributed by atoms with Crippen molar-refractivity contribution in [1.82, 2.24) is 10.4 Å². The van der Waals surface area contributed by atoms with Gasteiger partial charge in [0.1, 0.15) is 6.04 Å². The van der Waals surface area contributed by atoms with Crippen LogP contribution in [0.4, 0.5) is 13.2 Å². The van der Waals surface area contributed by atoms with Gasteiger partial charge in [-0.25, -0.2) is 5.01 Å². The van der Waals surface area contributed by atoms with Crippen molar-refractivity contribution in [2.24, 2.45) is 0 Å². The Kier molecular flexibility index (Phi) is 4.88. The van der Waals surface area contributed by atoms with Crippen LogP contribution in [-0.4, -0.2) is 23.6 Å². The lowest BCUT2D eigenvalue weighted by Crippen LogP contribution is -2.43. The molecule has 0 radical (unpaired) electrons. The van der Waals surface area contributed by atoms with Crippen LogP contribution in [0.3, 0.4) is 0 Å². The Hall–Kier alpha value is -1.56. The SMILES string of the molecule is CCCCc1cccc(C(N2CCC(=O)N2)C(F)(F)F)c1. The third-order valence-corrected chi connectivity index (χ3v) is 3.56. The number of unbranched alkanes of at least 4 members (excludes halogenated alkanes) is 1. The minimum atomic E-state index is -4.43. The molecule has 0 aliphatic carbocycles. The van der Waals surface area contributed by atoms with E-state index in [0.29, 0.717) is 0 Å². The molecule has 1 N–H and O–H groups in total. The first-order chi connectivity index (χ1) is 9.91. The van der Waals surface area contributed by atoms with Crippen molar-refractivity contribution in [3.63, 3.8) is 0 Å². The highest BCUT2D eigenvalue weighted by Gasteiger charge is 2.46. The van der Waals surface area contributed by atoms with Crippen LogP contribution < -0.4 is 5.43 Å². The summed E-state index contributed by atoms with van der Waals surface area (Å²) in [6.45, 7) is 2.12. The standard InChI is InChI=1S/C15H19F3N2O/c1-2-3-5-11-6-4-7-12(10-11)14(15(16,17)18)20-9-8-13(21)19-20/h4,6-7,10,14H,2-3,5,8-9H2,1H3,(H,19,21). The van der Waals surface area contributed by atoms with E-state index in [9.17, 15) is 18.0 Å². The Morgan fingerprint density at radius 1 is 1.38 bits per heavy atom. The zero-order valence-corrected chi connectivity index (χ0v) is 11.9. The topological polar surface area (TPSA) is 32.3 Å². The molecule has 6 heteroatoms. The molecule has 1 amide bonds. The number of carbonyl (C=O) groups is 1. The molecule has 1 heterocycles. The van der Waals surface area contributed by atoms with Gasteiger partial charge >= 0.3 is 6.18 Å². The second-order valence-electron chi connectivity index (χ2n) is 5.27. The van der Waals surface area contributed by atoms with Crippen molar-refractivity contribution in [2.75, 3.05) is 6.54 Å². The maximum atomic E-state index is 13.4. The molecule has 1 aromatic carbocycles. The summed E-state index contributed by atoms with van der Waals surface area (Å²) in [6.07, 6.45) is -1.62. The van der Waals surface area contributed by atoms with Gasteiger partial charge in [0.2, 0.25) is 5.91 Å². The van der Waals surface area contributed by atoms with Crippen LogP contribution in [0.2, 0.25) is 0 Å². The lowest BCUT2D eigenvalue weighted by atomic mass is 10.0. The fourth-order valence-corrected chi connectivity index (χ4v) is 2.53. The van der Waals surface area contributed by atoms with Crippen molar-refractivity contribution in [2.45, 2.75) is 44.8 Å². The van der Waals surface area contributed by atoms with Gasteiger partial charge in [-0.15, -0.1) is 0 Å². The maximum absolute atomic E-state index is 13.4. The first-order valence-corrected chi connectivity index (χ1v) is 7.13. The van der Waals surface area contributed by atoms with E-state index in [4.69, 9.17) is 0 Å². The highest BCUT2D eigenvalue weighted by Crippen LogP contribution is 2.38. The molecule has 1 aliphatic rings. The molecule has 1 fully saturated rings. The summed E-state index contributed by atoms with van der Waals surface area (Å²) in [5.74, 6) is -0.369. The predicted octanol–water partition coefficient (Wildman–Crippen LogP) is 3.37. The van der Waals surface area contributed by atoms with E-state index in [2.05, 4.69) is 5.43 Å². The molecule has 1 saturated heterocycles. The molecule has 0 aromatic heterocycles. The Morgan fingerprint density at radius 3 is 2.71 bits per heavy atom. The number of halogens is 3. The number of aryl methyl sites for hydroxylation is 1. The van der Waals surface area contributed by atoms with Gasteiger partial charge in [-0.2, -0.15) is 13.2 Å². The Morgan fingerprint density at radius 2 is 2.14 bits per heavy atom. The number of nitrogens with zero attached hydrogens (tertiary/aromatic N) is 1. The second-order valence-corrected chi connectivity index (χ2v) is 5.27. The van der Waals surface area contributed by atoms with Crippen LogP contribution >= 0.6 is 0 Å². The van der Waals surface area contributed by atoms with Gasteiger partial charge in [0.25, 0.3) is 0 Å². The Labute approximate surface area is 122 Å². The smallest absolute Gasteiger partial charge is 0.288 e. The van der Waals surface area contributed by atoms with E-state index >= 15 is 0 Å². The zero-order chi connectivity index (χ0) is 15.5. The van der Waals surface area contributed by atoms with Crippen molar-refractivity contribution in [3.05, 3.63) is 35.4 Å². The molecular formula is C15H19F3N2O. The lowest BCUT2D eigenvalue weighted by molar-refractivity contribution is -0.191. The van der Waals surface area contributed by atoms with E-state index in [1.54, 1.807) is 12.1 Å². The first-order valence-electron chi connectivity index (χ1n) is 7.13. The molecule has 1 aliphatic heterocycles. The normalized spacial score (nSPS) is 17.8. The first kappa shape index (κ1) is 15.8. The fourth-order valence-electron chi connectivity index (χ4n) is 2.53. The summed E-state index contributed by atoms with van der Waals surface area (Å²) < 4.78 is 40.1. The van der Waals surface area contributed by atoms with E-state index in [1.165, 1.54) is 6.07 Å². The summed E-state index contributed by atoms with van der Waals surface area (Å²) in [4.78, 5) is 11.2. The predicted molar refractivity (Wildman–Crippen MR) is 73.3 cm³/mol. The number of carbonyl (C=O) groups excluding carboxylic acids is 1. The van der Waals surface area contributed by atoms with Crippen LogP contribution in [0, 0.1) is 0 Å². The number of hydrogen-bond acceptors (Lipinski definition) is 2. The number of hydrazine groups is 1. The van der Waals surface area contributed by atoms with Crippen LogP contribution in [-0.2, 0) is 11.2 Å². The maximum Gasteiger partial charge on any atom is 0.409 e. The van der Waals surface area contributed by atoms with Crippen molar-refractivity contribution >= 4 is 5.91 Å². The van der Waals surface area contributed by atoms with Crippen molar-refractivity contribution in [1.29, 1.82) is 0 Å². The summed E-state index contributed by atoms with van der Waals surface area (Å²) in [7, 11) is 0. The van der Waals surface area contributed by atoms with E-state index in [0.717, 1.165) is 29.8 Å². The number of amides is 1. The van der Waals surface area contributed by atoms with E-state index in [-0.39, 0.29) is 24.4 Å². The summed E-state index contributed by atoms with van der Waals surface area (Å²) >= 11 is 0. The van der Waals surface area contributed by atoms with Crippen LogP contribution in [0.5, 0.6) is 0 Å². The van der Waals surface area contributed by atoms with Gasteiger partial charge in [-0.1, -0.05) is 37.6 Å². The average molecular weight is 300 g/mol. The monoisotopic (exact) mass is 300 g/mol. The van der Waals surface area contributed by atoms with E-state index < -0.39 is 12.2 Å². The molecule has 0 spiro atoms. The van der Waals surface area contributed by atoms with Crippen molar-refractivity contribution < 1.29 is 18.0 Å². The number of nitrogens with one attached hydrogen (secondary N) is 1. The Bertz CT molecular complexity index is 502. The molecular weight excluding hydrogens is 281 g/mol. The third kappa shape index (κ3) is 3.97. The minimum absolute atomic E-state index is 0.0716. The molecule has 1 unspecified atom stereocenters. The molecule has 116 valence electrons. The van der Waals surface area contributed by atoms with Crippen molar-refractivity contribution in [3.8, 4) is 0 Å². The second kappa shape index (κ2) is 6.47. The summed E-state index contributed by atoms with van der Waals surface area (Å²) in [5, 5.41) is 0.987.